The lowest BCUT2D eigenvalue weighted by Gasteiger charge is -2.06. The molecular formula is C12H16N2O. The smallest absolute Gasteiger partial charge is 0.0932 e. The van der Waals surface area contributed by atoms with Gasteiger partial charge in [0.05, 0.1) is 6.10 Å². The van der Waals surface area contributed by atoms with Crippen LogP contribution >= 0.6 is 0 Å². The molecule has 3 nitrogen and oxygen atoms in total. The Morgan fingerprint density at radius 1 is 1.47 bits per heavy atom. The van der Waals surface area contributed by atoms with Crippen molar-refractivity contribution in [2.75, 3.05) is 6.54 Å². The zero-order valence-corrected chi connectivity index (χ0v) is 8.83. The summed E-state index contributed by atoms with van der Waals surface area (Å²) in [5.74, 6) is 0. The van der Waals surface area contributed by atoms with Crippen LogP contribution in [0.4, 0.5) is 0 Å². The van der Waals surface area contributed by atoms with Crippen molar-refractivity contribution in [3.8, 4) is 0 Å². The van der Waals surface area contributed by atoms with E-state index in [1.54, 1.807) is 0 Å². The number of aromatic nitrogens is 1. The fourth-order valence-electron chi connectivity index (χ4n) is 1.94. The summed E-state index contributed by atoms with van der Waals surface area (Å²) in [7, 11) is 0. The van der Waals surface area contributed by atoms with Gasteiger partial charge in [-0.05, 0) is 12.0 Å². The molecule has 15 heavy (non-hydrogen) atoms. The molecule has 3 heteroatoms. The van der Waals surface area contributed by atoms with E-state index in [9.17, 15) is 5.11 Å². The molecule has 0 aliphatic heterocycles. The van der Waals surface area contributed by atoms with Crippen molar-refractivity contribution < 1.29 is 5.11 Å². The monoisotopic (exact) mass is 204 g/mol. The Morgan fingerprint density at radius 2 is 2.27 bits per heavy atom. The molecule has 80 valence electrons. The molecule has 0 aliphatic rings. The molecule has 0 fully saturated rings. The van der Waals surface area contributed by atoms with Crippen LogP contribution in [0.25, 0.3) is 10.9 Å². The second kappa shape index (κ2) is 4.04. The first kappa shape index (κ1) is 10.2. The molecule has 0 aliphatic carbocycles. The van der Waals surface area contributed by atoms with Crippen molar-refractivity contribution in [1.29, 1.82) is 0 Å². The maximum absolute atomic E-state index is 9.73. The van der Waals surface area contributed by atoms with Crippen LogP contribution in [0.5, 0.6) is 0 Å². The summed E-state index contributed by atoms with van der Waals surface area (Å²) in [6, 6.07) is 6.12. The molecule has 1 aromatic carbocycles. The average Bonchev–Trinajstić information content (AvgIpc) is 2.71. The molecule has 0 amide bonds. The number of hydrogen-bond acceptors (Lipinski definition) is 2. The number of nitrogens with two attached hydrogens (primary N) is 1. The van der Waals surface area contributed by atoms with Gasteiger partial charge < -0.3 is 15.8 Å². The van der Waals surface area contributed by atoms with Gasteiger partial charge in [0.2, 0.25) is 0 Å². The predicted octanol–water partition coefficient (Wildman–Crippen LogP) is 1.72. The number of aromatic amines is 1. The van der Waals surface area contributed by atoms with E-state index in [2.05, 4.69) is 18.0 Å². The van der Waals surface area contributed by atoms with Crippen molar-refractivity contribution in [1.82, 2.24) is 4.98 Å². The first-order chi connectivity index (χ1) is 7.27. The molecule has 1 unspecified atom stereocenters. The Hall–Kier alpha value is -1.32. The van der Waals surface area contributed by atoms with Crippen LogP contribution in [-0.4, -0.2) is 16.6 Å². The third kappa shape index (κ3) is 1.64. The quantitative estimate of drug-likeness (QED) is 0.713. The summed E-state index contributed by atoms with van der Waals surface area (Å²) >= 11 is 0. The van der Waals surface area contributed by atoms with Gasteiger partial charge in [0.1, 0.15) is 0 Å². The number of rotatable bonds is 3. The van der Waals surface area contributed by atoms with E-state index < -0.39 is 6.10 Å². The van der Waals surface area contributed by atoms with Crippen LogP contribution in [0.1, 0.15) is 24.2 Å². The number of aryl methyl sites for hydroxylation is 1. The lowest BCUT2D eigenvalue weighted by Crippen LogP contribution is -2.10. The molecule has 0 radical (unpaired) electrons. The van der Waals surface area contributed by atoms with Crippen molar-refractivity contribution >= 4 is 10.9 Å². The SMILES string of the molecule is CCc1cccc2c(C(O)CN)c[nH]c12. The predicted molar refractivity (Wildman–Crippen MR) is 61.7 cm³/mol. The van der Waals surface area contributed by atoms with Gasteiger partial charge >= 0.3 is 0 Å². The van der Waals surface area contributed by atoms with Gasteiger partial charge in [-0.3, -0.25) is 0 Å². The van der Waals surface area contributed by atoms with Crippen LogP contribution in [0.3, 0.4) is 0 Å². The van der Waals surface area contributed by atoms with E-state index >= 15 is 0 Å². The molecule has 1 aromatic heterocycles. The van der Waals surface area contributed by atoms with Gasteiger partial charge in [0.15, 0.2) is 0 Å². The maximum atomic E-state index is 9.73. The number of hydrogen-bond donors (Lipinski definition) is 3. The van der Waals surface area contributed by atoms with Crippen molar-refractivity contribution in [3.05, 3.63) is 35.5 Å². The third-order valence-corrected chi connectivity index (χ3v) is 2.80. The number of aliphatic hydroxyl groups excluding tert-OH is 1. The summed E-state index contributed by atoms with van der Waals surface area (Å²) in [4.78, 5) is 3.21. The van der Waals surface area contributed by atoms with Gasteiger partial charge in [0.25, 0.3) is 0 Å². The van der Waals surface area contributed by atoms with E-state index in [1.807, 2.05) is 18.3 Å². The van der Waals surface area contributed by atoms with Crippen molar-refractivity contribution in [2.24, 2.45) is 5.73 Å². The van der Waals surface area contributed by atoms with E-state index in [0.717, 1.165) is 22.9 Å². The molecule has 0 saturated heterocycles. The fourth-order valence-corrected chi connectivity index (χ4v) is 1.94. The Labute approximate surface area is 88.9 Å². The van der Waals surface area contributed by atoms with Crippen LogP contribution in [0.2, 0.25) is 0 Å². The minimum atomic E-state index is -0.578. The van der Waals surface area contributed by atoms with Crippen LogP contribution in [0, 0.1) is 0 Å². The lowest BCUT2D eigenvalue weighted by molar-refractivity contribution is 0.188. The molecular weight excluding hydrogens is 188 g/mol. The Balaban J connectivity index is 2.60. The normalized spacial score (nSPS) is 13.3. The van der Waals surface area contributed by atoms with E-state index in [4.69, 9.17) is 5.73 Å². The number of fused-ring (bicyclic) bond motifs is 1. The number of H-pyrrole nitrogens is 1. The summed E-state index contributed by atoms with van der Waals surface area (Å²) in [5, 5.41) is 10.8. The van der Waals surface area contributed by atoms with Gasteiger partial charge in [-0.25, -0.2) is 0 Å². The Morgan fingerprint density at radius 3 is 2.93 bits per heavy atom. The molecule has 0 spiro atoms. The largest absolute Gasteiger partial charge is 0.387 e. The highest BCUT2D eigenvalue weighted by atomic mass is 16.3. The number of nitrogens with one attached hydrogen (secondary N) is 1. The Bertz CT molecular complexity index is 462. The van der Waals surface area contributed by atoms with E-state index in [-0.39, 0.29) is 6.54 Å². The van der Waals surface area contributed by atoms with E-state index in [0.29, 0.717) is 0 Å². The summed E-state index contributed by atoms with van der Waals surface area (Å²) in [6.07, 6.45) is 2.25. The molecule has 2 aromatic rings. The molecule has 1 atom stereocenters. The number of benzene rings is 1. The highest BCUT2D eigenvalue weighted by Crippen LogP contribution is 2.26. The molecule has 0 bridgehead atoms. The van der Waals surface area contributed by atoms with Crippen LogP contribution < -0.4 is 5.73 Å². The first-order valence-corrected chi connectivity index (χ1v) is 5.25. The summed E-state index contributed by atoms with van der Waals surface area (Å²) in [5.41, 5.74) is 8.73. The third-order valence-electron chi connectivity index (χ3n) is 2.80. The first-order valence-electron chi connectivity index (χ1n) is 5.25. The summed E-state index contributed by atoms with van der Waals surface area (Å²) < 4.78 is 0. The van der Waals surface area contributed by atoms with Crippen molar-refractivity contribution in [2.45, 2.75) is 19.4 Å². The molecule has 1 heterocycles. The highest BCUT2D eigenvalue weighted by Gasteiger charge is 2.12. The van der Waals surface area contributed by atoms with Crippen LogP contribution in [-0.2, 0) is 6.42 Å². The minimum absolute atomic E-state index is 0.253. The molecule has 4 N–H and O–H groups in total. The van der Waals surface area contributed by atoms with Gasteiger partial charge in [-0.1, -0.05) is 25.1 Å². The summed E-state index contributed by atoms with van der Waals surface area (Å²) in [6.45, 7) is 2.37. The fraction of sp³-hybridized carbons (Fsp3) is 0.333. The lowest BCUT2D eigenvalue weighted by atomic mass is 10.0. The zero-order chi connectivity index (χ0) is 10.8. The average molecular weight is 204 g/mol. The second-order valence-corrected chi connectivity index (χ2v) is 3.69. The molecule has 2 rings (SSSR count). The molecule has 0 saturated carbocycles. The standard InChI is InChI=1S/C12H16N2O/c1-2-8-4-3-5-9-10(11(15)6-13)7-14-12(8)9/h3-5,7,11,14-15H,2,6,13H2,1H3. The Kier molecular flexibility index (Phi) is 2.75. The highest BCUT2D eigenvalue weighted by molar-refractivity contribution is 5.86. The topological polar surface area (TPSA) is 62.0 Å². The van der Waals surface area contributed by atoms with Crippen LogP contribution in [0.15, 0.2) is 24.4 Å². The van der Waals surface area contributed by atoms with Crippen molar-refractivity contribution in [3.63, 3.8) is 0 Å². The number of para-hydroxylation sites is 1. The van der Waals surface area contributed by atoms with Gasteiger partial charge in [0, 0.05) is 29.2 Å². The second-order valence-electron chi connectivity index (χ2n) is 3.69. The maximum Gasteiger partial charge on any atom is 0.0932 e. The van der Waals surface area contributed by atoms with E-state index in [1.165, 1.54) is 5.56 Å². The zero-order valence-electron chi connectivity index (χ0n) is 8.83. The van der Waals surface area contributed by atoms with Gasteiger partial charge in [-0.2, -0.15) is 0 Å². The van der Waals surface area contributed by atoms with Gasteiger partial charge in [-0.15, -0.1) is 0 Å². The minimum Gasteiger partial charge on any atom is -0.387 e. The number of aliphatic hydroxyl groups is 1.